The Hall–Kier alpha value is -1.71. The molecule has 0 amide bonds. The van der Waals surface area contributed by atoms with Crippen LogP contribution in [0.5, 0.6) is 0 Å². The van der Waals surface area contributed by atoms with E-state index in [9.17, 15) is 4.79 Å². The molecule has 0 bridgehead atoms. The van der Waals surface area contributed by atoms with E-state index in [4.69, 9.17) is 10.5 Å². The number of nitrogens with one attached hydrogen (secondary N) is 1. The SMILES string of the molecule is COC(=O)c1cc(N)ccc1NCC1CCC(C)C1. The van der Waals surface area contributed by atoms with Gasteiger partial charge in [0.05, 0.1) is 12.7 Å². The summed E-state index contributed by atoms with van der Waals surface area (Å²) in [5, 5.41) is 3.36. The number of methoxy groups -OCH3 is 1. The first-order valence-electron chi connectivity index (χ1n) is 6.82. The largest absolute Gasteiger partial charge is 0.465 e. The Balaban J connectivity index is 2.05. The van der Waals surface area contributed by atoms with Crippen molar-refractivity contribution in [3.8, 4) is 0 Å². The summed E-state index contributed by atoms with van der Waals surface area (Å²) in [5.74, 6) is 1.16. The van der Waals surface area contributed by atoms with Gasteiger partial charge in [0.15, 0.2) is 0 Å². The molecule has 0 radical (unpaired) electrons. The maximum absolute atomic E-state index is 11.7. The van der Waals surface area contributed by atoms with E-state index < -0.39 is 0 Å². The van der Waals surface area contributed by atoms with Gasteiger partial charge in [0.25, 0.3) is 0 Å². The summed E-state index contributed by atoms with van der Waals surface area (Å²) in [6, 6.07) is 5.30. The molecule has 4 heteroatoms. The lowest BCUT2D eigenvalue weighted by molar-refractivity contribution is 0.0602. The highest BCUT2D eigenvalue weighted by Crippen LogP contribution is 2.31. The Bertz CT molecular complexity index is 459. The minimum absolute atomic E-state index is 0.352. The van der Waals surface area contributed by atoms with Gasteiger partial charge < -0.3 is 15.8 Å². The van der Waals surface area contributed by atoms with Gasteiger partial charge >= 0.3 is 5.97 Å². The Morgan fingerprint density at radius 3 is 2.89 bits per heavy atom. The van der Waals surface area contributed by atoms with Crippen LogP contribution in [-0.2, 0) is 4.74 Å². The Morgan fingerprint density at radius 1 is 1.47 bits per heavy atom. The summed E-state index contributed by atoms with van der Waals surface area (Å²) in [5.41, 5.74) is 7.60. The Labute approximate surface area is 114 Å². The highest BCUT2D eigenvalue weighted by Gasteiger charge is 2.21. The summed E-state index contributed by atoms with van der Waals surface area (Å²) >= 11 is 0. The van der Waals surface area contributed by atoms with Crippen molar-refractivity contribution in [2.24, 2.45) is 11.8 Å². The number of carbonyl (C=O) groups excluding carboxylic acids is 1. The van der Waals surface area contributed by atoms with Gasteiger partial charge in [-0.2, -0.15) is 0 Å². The second-order valence-electron chi connectivity index (χ2n) is 5.46. The van der Waals surface area contributed by atoms with Crippen molar-refractivity contribution in [1.82, 2.24) is 0 Å². The van der Waals surface area contributed by atoms with E-state index in [0.29, 0.717) is 17.2 Å². The zero-order valence-corrected chi connectivity index (χ0v) is 11.6. The van der Waals surface area contributed by atoms with Crippen LogP contribution in [0.3, 0.4) is 0 Å². The van der Waals surface area contributed by atoms with Crippen molar-refractivity contribution < 1.29 is 9.53 Å². The number of hydrogen-bond acceptors (Lipinski definition) is 4. The maximum atomic E-state index is 11.7. The van der Waals surface area contributed by atoms with E-state index in [1.54, 1.807) is 12.1 Å². The number of benzene rings is 1. The number of rotatable bonds is 4. The smallest absolute Gasteiger partial charge is 0.340 e. The van der Waals surface area contributed by atoms with Crippen LogP contribution in [0.2, 0.25) is 0 Å². The van der Waals surface area contributed by atoms with Gasteiger partial charge in [-0.3, -0.25) is 0 Å². The van der Waals surface area contributed by atoms with Crippen molar-refractivity contribution in [3.63, 3.8) is 0 Å². The van der Waals surface area contributed by atoms with E-state index >= 15 is 0 Å². The second-order valence-corrected chi connectivity index (χ2v) is 5.46. The molecule has 1 aromatic carbocycles. The van der Waals surface area contributed by atoms with Crippen molar-refractivity contribution in [2.75, 3.05) is 24.7 Å². The number of hydrogen-bond donors (Lipinski definition) is 2. The lowest BCUT2D eigenvalue weighted by atomic mass is 10.1. The third-order valence-corrected chi connectivity index (χ3v) is 3.83. The molecule has 3 N–H and O–H groups in total. The first-order valence-corrected chi connectivity index (χ1v) is 6.82. The molecule has 0 spiro atoms. The predicted molar refractivity (Wildman–Crippen MR) is 77.2 cm³/mol. The standard InChI is InChI=1S/C15H22N2O2/c1-10-3-4-11(7-10)9-17-14-6-5-12(16)8-13(14)15(18)19-2/h5-6,8,10-11,17H,3-4,7,9,16H2,1-2H3. The van der Waals surface area contributed by atoms with Crippen LogP contribution < -0.4 is 11.1 Å². The van der Waals surface area contributed by atoms with Crippen LogP contribution in [0.25, 0.3) is 0 Å². The first-order chi connectivity index (χ1) is 9.10. The van der Waals surface area contributed by atoms with E-state index in [1.807, 2.05) is 6.07 Å². The van der Waals surface area contributed by atoms with E-state index in [-0.39, 0.29) is 5.97 Å². The second kappa shape index (κ2) is 5.95. The first kappa shape index (κ1) is 13.7. The maximum Gasteiger partial charge on any atom is 0.340 e. The van der Waals surface area contributed by atoms with Crippen molar-refractivity contribution in [2.45, 2.75) is 26.2 Å². The number of carbonyl (C=O) groups is 1. The van der Waals surface area contributed by atoms with Gasteiger partial charge in [-0.05, 0) is 42.9 Å². The molecule has 0 aromatic heterocycles. The zero-order chi connectivity index (χ0) is 13.8. The molecule has 104 valence electrons. The van der Waals surface area contributed by atoms with Gasteiger partial charge in [0.2, 0.25) is 0 Å². The summed E-state index contributed by atoms with van der Waals surface area (Å²) in [6.07, 6.45) is 3.82. The average molecular weight is 262 g/mol. The summed E-state index contributed by atoms with van der Waals surface area (Å²) in [4.78, 5) is 11.7. The summed E-state index contributed by atoms with van der Waals surface area (Å²) in [6.45, 7) is 3.20. The van der Waals surface area contributed by atoms with Crippen LogP contribution in [0.15, 0.2) is 18.2 Å². The number of nitrogen functional groups attached to an aromatic ring is 1. The number of anilines is 2. The Morgan fingerprint density at radius 2 is 2.26 bits per heavy atom. The third-order valence-electron chi connectivity index (χ3n) is 3.83. The Kier molecular flexibility index (Phi) is 4.30. The van der Waals surface area contributed by atoms with Crippen molar-refractivity contribution >= 4 is 17.3 Å². The molecule has 1 aliphatic carbocycles. The van der Waals surface area contributed by atoms with E-state index in [1.165, 1.54) is 26.4 Å². The lowest BCUT2D eigenvalue weighted by Gasteiger charge is -2.15. The van der Waals surface area contributed by atoms with Crippen molar-refractivity contribution in [1.29, 1.82) is 0 Å². The van der Waals surface area contributed by atoms with Crippen LogP contribution in [0.1, 0.15) is 36.5 Å². The molecule has 4 nitrogen and oxygen atoms in total. The number of nitrogens with two attached hydrogens (primary N) is 1. The normalized spacial score (nSPS) is 22.2. The topological polar surface area (TPSA) is 64.3 Å². The van der Waals surface area contributed by atoms with Gasteiger partial charge in [-0.25, -0.2) is 4.79 Å². The van der Waals surface area contributed by atoms with Gasteiger partial charge in [0, 0.05) is 17.9 Å². The molecule has 1 aromatic rings. The third kappa shape index (κ3) is 3.40. The molecule has 2 rings (SSSR count). The van der Waals surface area contributed by atoms with Crippen LogP contribution in [-0.4, -0.2) is 19.6 Å². The number of esters is 1. The van der Waals surface area contributed by atoms with Crippen LogP contribution in [0.4, 0.5) is 11.4 Å². The monoisotopic (exact) mass is 262 g/mol. The minimum atomic E-state index is -0.352. The predicted octanol–water partition coefficient (Wildman–Crippen LogP) is 2.90. The van der Waals surface area contributed by atoms with Gasteiger partial charge in [0.1, 0.15) is 0 Å². The lowest BCUT2D eigenvalue weighted by Crippen LogP contribution is -2.15. The van der Waals surface area contributed by atoms with Crippen molar-refractivity contribution in [3.05, 3.63) is 23.8 Å². The zero-order valence-electron chi connectivity index (χ0n) is 11.6. The highest BCUT2D eigenvalue weighted by molar-refractivity contribution is 5.96. The van der Waals surface area contributed by atoms with Gasteiger partial charge in [-0.15, -0.1) is 0 Å². The molecule has 1 saturated carbocycles. The van der Waals surface area contributed by atoms with E-state index in [2.05, 4.69) is 12.2 Å². The highest BCUT2D eigenvalue weighted by atomic mass is 16.5. The summed E-state index contributed by atoms with van der Waals surface area (Å²) < 4.78 is 4.79. The molecule has 0 heterocycles. The fraction of sp³-hybridized carbons (Fsp3) is 0.533. The van der Waals surface area contributed by atoms with Gasteiger partial charge in [-0.1, -0.05) is 13.3 Å². The number of ether oxygens (including phenoxy) is 1. The fourth-order valence-electron chi connectivity index (χ4n) is 2.76. The molecule has 1 aliphatic rings. The van der Waals surface area contributed by atoms with Crippen LogP contribution >= 0.6 is 0 Å². The molecule has 0 aliphatic heterocycles. The fourth-order valence-corrected chi connectivity index (χ4v) is 2.76. The molecule has 2 unspecified atom stereocenters. The quantitative estimate of drug-likeness (QED) is 0.647. The average Bonchev–Trinajstić information content (AvgIpc) is 2.82. The molecule has 2 atom stereocenters. The molecular formula is C15H22N2O2. The molecule has 19 heavy (non-hydrogen) atoms. The van der Waals surface area contributed by atoms with E-state index in [0.717, 1.165) is 18.2 Å². The van der Waals surface area contributed by atoms with Crippen LogP contribution in [0, 0.1) is 11.8 Å². The minimum Gasteiger partial charge on any atom is -0.465 e. The molecule has 0 saturated heterocycles. The molecule has 1 fully saturated rings. The molecular weight excluding hydrogens is 240 g/mol. The summed E-state index contributed by atoms with van der Waals surface area (Å²) in [7, 11) is 1.38.